The first-order chi connectivity index (χ1) is 9.22. The number of anilines is 1. The molecule has 0 unspecified atom stereocenters. The van der Waals surface area contributed by atoms with Gasteiger partial charge in [-0.1, -0.05) is 11.6 Å². The summed E-state index contributed by atoms with van der Waals surface area (Å²) in [5, 5.41) is 25.3. The lowest BCUT2D eigenvalue weighted by molar-refractivity contribution is 0.880. The predicted molar refractivity (Wildman–Crippen MR) is 70.9 cm³/mol. The fourth-order valence-electron chi connectivity index (χ4n) is 1.33. The van der Waals surface area contributed by atoms with Crippen molar-refractivity contribution < 1.29 is 0 Å². The highest BCUT2D eigenvalue weighted by Gasteiger charge is 1.99. The summed E-state index contributed by atoms with van der Waals surface area (Å²) < 4.78 is 1.63. The highest BCUT2D eigenvalue weighted by atomic mass is 35.5. The molecule has 2 rings (SSSR count). The van der Waals surface area contributed by atoms with Gasteiger partial charge >= 0.3 is 0 Å². The van der Waals surface area contributed by atoms with Crippen molar-refractivity contribution in [1.82, 2.24) is 9.78 Å². The molecular weight excluding hydrogens is 264 g/mol. The summed E-state index contributed by atoms with van der Waals surface area (Å²) in [6.07, 6.45) is 3.23. The topological polar surface area (TPSA) is 89.8 Å². The van der Waals surface area contributed by atoms with Crippen molar-refractivity contribution >= 4 is 23.0 Å². The summed E-state index contributed by atoms with van der Waals surface area (Å²) in [7, 11) is 0. The highest BCUT2D eigenvalue weighted by Crippen LogP contribution is 2.15. The van der Waals surface area contributed by atoms with Crippen LogP contribution in [0.1, 0.15) is 0 Å². The first-order valence-corrected chi connectivity index (χ1v) is 5.55. The van der Waals surface area contributed by atoms with E-state index in [0.717, 1.165) is 5.69 Å². The Morgan fingerprint density at radius 2 is 1.95 bits per heavy atom. The molecule has 0 aliphatic heterocycles. The molecule has 0 fully saturated rings. The molecule has 1 aromatic carbocycles. The number of hydrogen-bond donors (Lipinski definition) is 1. The molecule has 0 atom stereocenters. The van der Waals surface area contributed by atoms with Crippen molar-refractivity contribution in [3.63, 3.8) is 0 Å². The Labute approximate surface area is 114 Å². The Balaban J connectivity index is 2.14. The maximum absolute atomic E-state index is 8.53. The minimum absolute atomic E-state index is 0.233. The first-order valence-electron chi connectivity index (χ1n) is 5.17. The minimum atomic E-state index is -0.233. The van der Waals surface area contributed by atoms with Crippen molar-refractivity contribution in [3.8, 4) is 17.8 Å². The summed E-state index contributed by atoms with van der Waals surface area (Å²) in [6, 6.07) is 10.4. The van der Waals surface area contributed by atoms with Crippen LogP contribution in [-0.4, -0.2) is 15.5 Å². The van der Waals surface area contributed by atoms with E-state index in [2.05, 4.69) is 15.6 Å². The molecule has 7 heteroatoms. The summed E-state index contributed by atoms with van der Waals surface area (Å²) >= 11 is 5.78. The number of nitriles is 2. The number of hydrogen-bond acceptors (Lipinski definition) is 5. The molecule has 0 bridgehead atoms. The molecule has 6 nitrogen and oxygen atoms in total. The van der Waals surface area contributed by atoms with Gasteiger partial charge in [-0.25, -0.2) is 4.68 Å². The summed E-state index contributed by atoms with van der Waals surface area (Å²) in [4.78, 5) is 0. The number of rotatable bonds is 3. The van der Waals surface area contributed by atoms with Gasteiger partial charge in [0.2, 0.25) is 5.71 Å². The smallest absolute Gasteiger partial charge is 0.237 e. The number of nitrogens with zero attached hydrogens (tertiary/aromatic N) is 5. The molecule has 1 N–H and O–H groups in total. The average molecular weight is 271 g/mol. The lowest BCUT2D eigenvalue weighted by Crippen LogP contribution is -1.97. The fraction of sp³-hybridized carbons (Fsp3) is 0. The first kappa shape index (κ1) is 12.6. The molecule has 0 saturated heterocycles. The van der Waals surface area contributed by atoms with Gasteiger partial charge in [0.25, 0.3) is 0 Å². The van der Waals surface area contributed by atoms with Crippen LogP contribution in [0, 0.1) is 22.7 Å². The molecule has 19 heavy (non-hydrogen) atoms. The quantitative estimate of drug-likeness (QED) is 0.685. The van der Waals surface area contributed by atoms with Crippen molar-refractivity contribution in [3.05, 3.63) is 41.7 Å². The highest BCUT2D eigenvalue weighted by molar-refractivity contribution is 6.30. The standard InChI is InChI=1S/C12H7ClN6/c13-9-7-16-19(8-9)12-3-1-10(2-4-12)17-18-11(5-14)6-15/h1-4,7-8,17H. The van der Waals surface area contributed by atoms with E-state index in [9.17, 15) is 0 Å². The van der Waals surface area contributed by atoms with Crippen molar-refractivity contribution in [2.24, 2.45) is 5.10 Å². The van der Waals surface area contributed by atoms with E-state index in [1.165, 1.54) is 0 Å². The van der Waals surface area contributed by atoms with E-state index in [-0.39, 0.29) is 5.71 Å². The maximum atomic E-state index is 8.53. The van der Waals surface area contributed by atoms with Gasteiger partial charge in [-0.15, -0.1) is 0 Å². The molecule has 0 radical (unpaired) electrons. The number of aromatic nitrogens is 2. The monoisotopic (exact) mass is 270 g/mol. The third-order valence-corrected chi connectivity index (χ3v) is 2.39. The van der Waals surface area contributed by atoms with Crippen LogP contribution in [0.25, 0.3) is 5.69 Å². The zero-order valence-electron chi connectivity index (χ0n) is 9.58. The number of halogens is 1. The molecule has 2 aromatic rings. The van der Waals surface area contributed by atoms with Gasteiger partial charge in [0.05, 0.1) is 22.6 Å². The van der Waals surface area contributed by atoms with Gasteiger partial charge in [0.15, 0.2) is 0 Å². The van der Waals surface area contributed by atoms with Gasteiger partial charge < -0.3 is 0 Å². The van der Waals surface area contributed by atoms with Gasteiger partial charge in [-0.05, 0) is 24.3 Å². The summed E-state index contributed by atoms with van der Waals surface area (Å²) in [6.45, 7) is 0. The van der Waals surface area contributed by atoms with Crippen LogP contribution in [0.15, 0.2) is 41.8 Å². The lowest BCUT2D eigenvalue weighted by atomic mass is 10.3. The maximum Gasteiger partial charge on any atom is 0.237 e. The SMILES string of the molecule is N#CC(C#N)=NNc1ccc(-n2cc(Cl)cn2)cc1. The summed E-state index contributed by atoms with van der Waals surface area (Å²) in [5.74, 6) is 0. The van der Waals surface area contributed by atoms with Gasteiger partial charge in [-0.3, -0.25) is 5.43 Å². The van der Waals surface area contributed by atoms with Crippen LogP contribution in [0.2, 0.25) is 5.02 Å². The van der Waals surface area contributed by atoms with Gasteiger partial charge in [0, 0.05) is 6.20 Å². The Bertz CT molecular complexity index is 670. The molecule has 0 spiro atoms. The fourth-order valence-corrected chi connectivity index (χ4v) is 1.46. The second-order valence-electron chi connectivity index (χ2n) is 3.45. The zero-order chi connectivity index (χ0) is 13.7. The van der Waals surface area contributed by atoms with E-state index in [1.54, 1.807) is 53.5 Å². The van der Waals surface area contributed by atoms with Gasteiger partial charge in [0.1, 0.15) is 12.1 Å². The Morgan fingerprint density at radius 1 is 1.26 bits per heavy atom. The Morgan fingerprint density at radius 3 is 2.47 bits per heavy atom. The third kappa shape index (κ3) is 3.09. The number of hydrazone groups is 1. The molecule has 0 aliphatic rings. The molecular formula is C12H7ClN6. The number of benzene rings is 1. The molecule has 1 aromatic heterocycles. The van der Waals surface area contributed by atoms with Crippen LogP contribution >= 0.6 is 11.6 Å². The van der Waals surface area contributed by atoms with E-state index >= 15 is 0 Å². The molecule has 1 heterocycles. The summed E-state index contributed by atoms with van der Waals surface area (Å²) in [5.41, 5.74) is 3.88. The van der Waals surface area contributed by atoms with Crippen LogP contribution in [0.5, 0.6) is 0 Å². The van der Waals surface area contributed by atoms with E-state index < -0.39 is 0 Å². The van der Waals surface area contributed by atoms with Gasteiger partial charge in [-0.2, -0.15) is 20.7 Å². The molecule has 0 amide bonds. The Hall–Kier alpha value is -2.83. The van der Waals surface area contributed by atoms with E-state index in [0.29, 0.717) is 10.7 Å². The van der Waals surface area contributed by atoms with Crippen molar-refractivity contribution in [2.75, 3.05) is 5.43 Å². The minimum Gasteiger partial charge on any atom is -0.277 e. The van der Waals surface area contributed by atoms with Crippen molar-refractivity contribution in [2.45, 2.75) is 0 Å². The van der Waals surface area contributed by atoms with Crippen LogP contribution in [-0.2, 0) is 0 Å². The van der Waals surface area contributed by atoms with Crippen molar-refractivity contribution in [1.29, 1.82) is 10.5 Å². The van der Waals surface area contributed by atoms with E-state index in [1.807, 2.05) is 0 Å². The molecule has 0 saturated carbocycles. The zero-order valence-corrected chi connectivity index (χ0v) is 10.3. The second-order valence-corrected chi connectivity index (χ2v) is 3.88. The molecule has 0 aliphatic carbocycles. The van der Waals surface area contributed by atoms with Crippen LogP contribution in [0.4, 0.5) is 5.69 Å². The van der Waals surface area contributed by atoms with E-state index in [4.69, 9.17) is 22.1 Å². The Kier molecular flexibility index (Phi) is 3.77. The largest absolute Gasteiger partial charge is 0.277 e. The normalized spacial score (nSPS) is 9.21. The van der Waals surface area contributed by atoms with Crippen LogP contribution < -0.4 is 5.43 Å². The molecule has 92 valence electrons. The predicted octanol–water partition coefficient (Wildman–Crippen LogP) is 2.34. The van der Waals surface area contributed by atoms with Crippen LogP contribution in [0.3, 0.4) is 0 Å². The number of nitrogens with one attached hydrogen (secondary N) is 1. The second kappa shape index (κ2) is 5.67. The average Bonchev–Trinajstić information content (AvgIpc) is 2.87. The lowest BCUT2D eigenvalue weighted by Gasteiger charge is -2.03. The third-order valence-electron chi connectivity index (χ3n) is 2.19.